The van der Waals surface area contributed by atoms with E-state index in [4.69, 9.17) is 9.47 Å². The molecule has 0 radical (unpaired) electrons. The van der Waals surface area contributed by atoms with Crippen molar-refractivity contribution >= 4 is 17.3 Å². The molecule has 0 fully saturated rings. The van der Waals surface area contributed by atoms with Crippen LogP contribution in [0.15, 0.2) is 0 Å². The second kappa shape index (κ2) is 8.28. The topological polar surface area (TPSA) is 73.3 Å². The van der Waals surface area contributed by atoms with Crippen LogP contribution < -0.4 is 5.32 Å². The van der Waals surface area contributed by atoms with Crippen LogP contribution in [-0.2, 0) is 27.2 Å². The van der Waals surface area contributed by atoms with Gasteiger partial charge in [-0.1, -0.05) is 6.92 Å². The van der Waals surface area contributed by atoms with Crippen LogP contribution in [0, 0.1) is 0 Å². The van der Waals surface area contributed by atoms with E-state index in [9.17, 15) is 4.79 Å². The SMILES string of the molecule is CCCc1nnc(CN[C@@](C)(COC)CC(=O)OC)s1. The molecular formula is C13H23N3O3S. The molecule has 1 rings (SSSR count). The smallest absolute Gasteiger partial charge is 0.307 e. The van der Waals surface area contributed by atoms with Crippen molar-refractivity contribution in [1.29, 1.82) is 0 Å². The Morgan fingerprint density at radius 3 is 2.65 bits per heavy atom. The highest BCUT2D eigenvalue weighted by Crippen LogP contribution is 2.15. The van der Waals surface area contributed by atoms with Gasteiger partial charge in [-0.25, -0.2) is 0 Å². The Labute approximate surface area is 123 Å². The molecule has 1 heterocycles. The molecule has 0 bridgehead atoms. The Hall–Kier alpha value is -1.05. The first-order chi connectivity index (χ1) is 9.53. The summed E-state index contributed by atoms with van der Waals surface area (Å²) in [7, 11) is 3.00. The normalized spacial score (nSPS) is 14.0. The van der Waals surface area contributed by atoms with Crippen LogP contribution in [0.3, 0.4) is 0 Å². The zero-order chi connectivity index (χ0) is 15.0. The van der Waals surface area contributed by atoms with Gasteiger partial charge in [-0.2, -0.15) is 0 Å². The predicted octanol–water partition coefficient (Wildman–Crippen LogP) is 1.55. The van der Waals surface area contributed by atoms with Crippen molar-refractivity contribution in [2.75, 3.05) is 20.8 Å². The number of aromatic nitrogens is 2. The number of rotatable bonds is 9. The van der Waals surface area contributed by atoms with E-state index in [1.807, 2.05) is 6.92 Å². The Morgan fingerprint density at radius 1 is 1.35 bits per heavy atom. The average molecular weight is 301 g/mol. The van der Waals surface area contributed by atoms with E-state index in [1.165, 1.54) is 7.11 Å². The van der Waals surface area contributed by atoms with Gasteiger partial charge in [-0.15, -0.1) is 21.5 Å². The monoisotopic (exact) mass is 301 g/mol. The van der Waals surface area contributed by atoms with Gasteiger partial charge >= 0.3 is 5.97 Å². The number of carbonyl (C=O) groups is 1. The van der Waals surface area contributed by atoms with Crippen LogP contribution in [0.2, 0.25) is 0 Å². The number of nitrogens with zero attached hydrogens (tertiary/aromatic N) is 2. The fourth-order valence-electron chi connectivity index (χ4n) is 1.84. The highest BCUT2D eigenvalue weighted by molar-refractivity contribution is 7.11. The fraction of sp³-hybridized carbons (Fsp3) is 0.769. The van der Waals surface area contributed by atoms with E-state index >= 15 is 0 Å². The molecule has 0 spiro atoms. The average Bonchev–Trinajstić information content (AvgIpc) is 2.85. The number of aryl methyl sites for hydroxylation is 1. The molecule has 0 aliphatic carbocycles. The Bertz CT molecular complexity index is 425. The zero-order valence-electron chi connectivity index (χ0n) is 12.6. The predicted molar refractivity (Wildman–Crippen MR) is 77.7 cm³/mol. The maximum Gasteiger partial charge on any atom is 0.307 e. The van der Waals surface area contributed by atoms with Crippen LogP contribution >= 0.6 is 11.3 Å². The van der Waals surface area contributed by atoms with E-state index in [0.29, 0.717) is 13.2 Å². The summed E-state index contributed by atoms with van der Waals surface area (Å²) in [6, 6.07) is 0. The quantitative estimate of drug-likeness (QED) is 0.698. The van der Waals surface area contributed by atoms with E-state index in [2.05, 4.69) is 22.4 Å². The molecule has 1 aromatic rings. The number of esters is 1. The van der Waals surface area contributed by atoms with Crippen LogP contribution in [0.1, 0.15) is 36.7 Å². The minimum atomic E-state index is -0.474. The van der Waals surface area contributed by atoms with E-state index in [-0.39, 0.29) is 12.4 Å². The van der Waals surface area contributed by atoms with Gasteiger partial charge in [-0.3, -0.25) is 4.79 Å². The highest BCUT2D eigenvalue weighted by Gasteiger charge is 2.28. The van der Waals surface area contributed by atoms with Gasteiger partial charge in [0.1, 0.15) is 10.0 Å². The summed E-state index contributed by atoms with van der Waals surface area (Å²) in [5, 5.41) is 13.6. The zero-order valence-corrected chi connectivity index (χ0v) is 13.4. The maximum atomic E-state index is 11.5. The van der Waals surface area contributed by atoms with Crippen LogP contribution in [0.5, 0.6) is 0 Å². The molecule has 0 saturated carbocycles. The molecule has 1 N–H and O–H groups in total. The van der Waals surface area contributed by atoms with Crippen molar-refractivity contribution in [1.82, 2.24) is 15.5 Å². The lowest BCUT2D eigenvalue weighted by Crippen LogP contribution is -2.47. The number of methoxy groups -OCH3 is 2. The molecule has 20 heavy (non-hydrogen) atoms. The lowest BCUT2D eigenvalue weighted by Gasteiger charge is -2.28. The third-order valence-corrected chi connectivity index (χ3v) is 3.85. The van der Waals surface area contributed by atoms with E-state index in [1.54, 1.807) is 18.4 Å². The van der Waals surface area contributed by atoms with E-state index in [0.717, 1.165) is 22.9 Å². The van der Waals surface area contributed by atoms with Crippen molar-refractivity contribution in [2.45, 2.75) is 45.2 Å². The maximum absolute atomic E-state index is 11.5. The van der Waals surface area contributed by atoms with Crippen molar-refractivity contribution in [3.63, 3.8) is 0 Å². The summed E-state index contributed by atoms with van der Waals surface area (Å²) in [5.74, 6) is -0.263. The van der Waals surface area contributed by atoms with Gasteiger partial charge in [0.25, 0.3) is 0 Å². The van der Waals surface area contributed by atoms with Crippen molar-refractivity contribution in [3.05, 3.63) is 10.0 Å². The summed E-state index contributed by atoms with van der Waals surface area (Å²) >= 11 is 1.60. The Balaban J connectivity index is 2.58. The third-order valence-electron chi connectivity index (χ3n) is 2.86. The third kappa shape index (κ3) is 5.52. The largest absolute Gasteiger partial charge is 0.469 e. The highest BCUT2D eigenvalue weighted by atomic mass is 32.1. The minimum absolute atomic E-state index is 0.248. The molecule has 0 unspecified atom stereocenters. The molecule has 0 amide bonds. The molecule has 1 aromatic heterocycles. The van der Waals surface area contributed by atoms with Crippen LogP contribution in [-0.4, -0.2) is 42.5 Å². The molecular weight excluding hydrogens is 278 g/mol. The van der Waals surface area contributed by atoms with Gasteiger partial charge in [0.05, 0.1) is 26.7 Å². The second-order valence-corrected chi connectivity index (χ2v) is 6.09. The molecule has 114 valence electrons. The van der Waals surface area contributed by atoms with Crippen molar-refractivity contribution < 1.29 is 14.3 Å². The lowest BCUT2D eigenvalue weighted by atomic mass is 9.99. The number of hydrogen-bond donors (Lipinski definition) is 1. The molecule has 0 aliphatic rings. The molecule has 0 saturated heterocycles. The standard InChI is InChI=1S/C13H23N3O3S/c1-5-6-10-15-16-11(20-10)8-14-13(2,9-18-3)7-12(17)19-4/h14H,5-9H2,1-4H3/t13-/m1/s1. The number of nitrogens with one attached hydrogen (secondary N) is 1. The lowest BCUT2D eigenvalue weighted by molar-refractivity contribution is -0.142. The minimum Gasteiger partial charge on any atom is -0.469 e. The second-order valence-electron chi connectivity index (χ2n) is 4.94. The van der Waals surface area contributed by atoms with Gasteiger partial charge < -0.3 is 14.8 Å². The van der Waals surface area contributed by atoms with Gasteiger partial charge in [0.2, 0.25) is 0 Å². The first kappa shape index (κ1) is 17.0. The fourth-order valence-corrected chi connectivity index (χ4v) is 2.72. The van der Waals surface area contributed by atoms with Gasteiger partial charge in [0, 0.05) is 19.1 Å². The summed E-state index contributed by atoms with van der Waals surface area (Å²) in [4.78, 5) is 11.5. The van der Waals surface area contributed by atoms with Crippen LogP contribution in [0.4, 0.5) is 0 Å². The summed E-state index contributed by atoms with van der Waals surface area (Å²) < 4.78 is 9.90. The molecule has 0 aliphatic heterocycles. The number of ether oxygens (including phenoxy) is 2. The molecule has 1 atom stereocenters. The Morgan fingerprint density at radius 2 is 2.05 bits per heavy atom. The van der Waals surface area contributed by atoms with Crippen molar-refractivity contribution in [2.24, 2.45) is 0 Å². The van der Waals surface area contributed by atoms with E-state index < -0.39 is 5.54 Å². The van der Waals surface area contributed by atoms with Gasteiger partial charge in [0.15, 0.2) is 0 Å². The number of carbonyl (C=O) groups excluding carboxylic acids is 1. The number of hydrogen-bond acceptors (Lipinski definition) is 7. The summed E-state index contributed by atoms with van der Waals surface area (Å²) in [6.45, 7) is 5.04. The summed E-state index contributed by atoms with van der Waals surface area (Å²) in [6.07, 6.45) is 2.26. The van der Waals surface area contributed by atoms with Crippen molar-refractivity contribution in [3.8, 4) is 0 Å². The first-order valence-corrected chi connectivity index (χ1v) is 7.46. The molecule has 7 heteroatoms. The Kier molecular flexibility index (Phi) is 7.04. The van der Waals surface area contributed by atoms with Crippen LogP contribution in [0.25, 0.3) is 0 Å². The molecule has 6 nitrogen and oxygen atoms in total. The summed E-state index contributed by atoms with van der Waals surface area (Å²) in [5.41, 5.74) is -0.474. The molecule has 0 aromatic carbocycles. The first-order valence-electron chi connectivity index (χ1n) is 6.65. The van der Waals surface area contributed by atoms with Gasteiger partial charge in [-0.05, 0) is 13.3 Å².